The number of aliphatic hydroxyl groups is 1. The molecule has 1 unspecified atom stereocenters. The lowest BCUT2D eigenvalue weighted by Gasteiger charge is -2.25. The van der Waals surface area contributed by atoms with Gasteiger partial charge in [0.1, 0.15) is 5.60 Å². The Morgan fingerprint density at radius 3 is 1.94 bits per heavy atom. The largest absolute Gasteiger partial charge is 0.381 e. The van der Waals surface area contributed by atoms with Gasteiger partial charge in [0.05, 0.1) is 0 Å². The van der Waals surface area contributed by atoms with E-state index >= 15 is 0 Å². The molecule has 1 heterocycles. The van der Waals surface area contributed by atoms with Gasteiger partial charge in [-0.15, -0.1) is 0 Å². The molecule has 0 spiro atoms. The van der Waals surface area contributed by atoms with Crippen LogP contribution in [0, 0.1) is 20.8 Å². The van der Waals surface area contributed by atoms with E-state index in [1.165, 1.54) is 0 Å². The van der Waals surface area contributed by atoms with Crippen molar-refractivity contribution < 1.29 is 5.11 Å². The number of aromatic nitrogens is 1. The molecule has 0 radical (unpaired) electrons. The van der Waals surface area contributed by atoms with Gasteiger partial charge in [-0.2, -0.15) is 0 Å². The molecule has 0 aliphatic rings. The average molecular weight is 241 g/mol. The summed E-state index contributed by atoms with van der Waals surface area (Å²) in [6.45, 7) is 7.88. The number of rotatable bonds is 2. The second-order valence-electron chi connectivity index (χ2n) is 5.20. The van der Waals surface area contributed by atoms with Crippen molar-refractivity contribution in [3.05, 3.63) is 64.5 Å². The van der Waals surface area contributed by atoms with Crippen LogP contribution in [0.25, 0.3) is 0 Å². The van der Waals surface area contributed by atoms with E-state index in [0.29, 0.717) is 0 Å². The SMILES string of the molecule is Cc1cncc(C(C)(O)c2cc(C)cc(C)c2)c1. The molecule has 0 amide bonds. The first-order chi connectivity index (χ1) is 8.39. The first kappa shape index (κ1) is 12.8. The zero-order chi connectivity index (χ0) is 13.3. The molecule has 0 saturated heterocycles. The van der Waals surface area contributed by atoms with Gasteiger partial charge in [0, 0.05) is 18.0 Å². The maximum absolute atomic E-state index is 10.8. The van der Waals surface area contributed by atoms with Crippen molar-refractivity contribution in [3.63, 3.8) is 0 Å². The summed E-state index contributed by atoms with van der Waals surface area (Å²) in [6.07, 6.45) is 3.52. The van der Waals surface area contributed by atoms with Gasteiger partial charge in [0.15, 0.2) is 0 Å². The van der Waals surface area contributed by atoms with Crippen LogP contribution < -0.4 is 0 Å². The number of benzene rings is 1. The quantitative estimate of drug-likeness (QED) is 0.875. The van der Waals surface area contributed by atoms with Crippen molar-refractivity contribution in [1.29, 1.82) is 0 Å². The van der Waals surface area contributed by atoms with Crippen molar-refractivity contribution in [2.24, 2.45) is 0 Å². The van der Waals surface area contributed by atoms with E-state index in [9.17, 15) is 5.11 Å². The number of pyridine rings is 1. The highest BCUT2D eigenvalue weighted by atomic mass is 16.3. The number of hydrogen-bond donors (Lipinski definition) is 1. The Morgan fingerprint density at radius 1 is 0.833 bits per heavy atom. The van der Waals surface area contributed by atoms with Crippen LogP contribution in [-0.4, -0.2) is 10.1 Å². The molecule has 2 rings (SSSR count). The summed E-state index contributed by atoms with van der Waals surface area (Å²) in [4.78, 5) is 4.16. The minimum Gasteiger partial charge on any atom is -0.381 e. The first-order valence-electron chi connectivity index (χ1n) is 6.13. The Morgan fingerprint density at radius 2 is 1.39 bits per heavy atom. The van der Waals surface area contributed by atoms with Gasteiger partial charge in [0.2, 0.25) is 0 Å². The van der Waals surface area contributed by atoms with E-state index in [4.69, 9.17) is 0 Å². The minimum absolute atomic E-state index is 0.826. The summed E-state index contributed by atoms with van der Waals surface area (Å²) in [5.41, 5.74) is 4.10. The molecule has 2 heteroatoms. The van der Waals surface area contributed by atoms with Crippen molar-refractivity contribution in [2.75, 3.05) is 0 Å². The highest BCUT2D eigenvalue weighted by Gasteiger charge is 2.26. The molecular formula is C16H19NO. The fraction of sp³-hybridized carbons (Fsp3) is 0.312. The summed E-state index contributed by atoms with van der Waals surface area (Å²) >= 11 is 0. The molecule has 0 bridgehead atoms. The average Bonchev–Trinajstić information content (AvgIpc) is 2.27. The van der Waals surface area contributed by atoms with Crippen molar-refractivity contribution in [3.8, 4) is 0 Å². The first-order valence-corrected chi connectivity index (χ1v) is 6.13. The third-order valence-electron chi connectivity index (χ3n) is 3.22. The third-order valence-corrected chi connectivity index (χ3v) is 3.22. The zero-order valence-corrected chi connectivity index (χ0v) is 11.4. The second kappa shape index (κ2) is 4.54. The number of aryl methyl sites for hydroxylation is 3. The number of hydrogen-bond acceptors (Lipinski definition) is 2. The van der Waals surface area contributed by atoms with Gasteiger partial charge in [0.25, 0.3) is 0 Å². The van der Waals surface area contributed by atoms with Crippen LogP contribution in [0.4, 0.5) is 0 Å². The predicted octanol–water partition coefficient (Wildman–Crippen LogP) is 3.26. The lowest BCUT2D eigenvalue weighted by Crippen LogP contribution is -2.23. The molecular weight excluding hydrogens is 222 g/mol. The Hall–Kier alpha value is -1.67. The van der Waals surface area contributed by atoms with Crippen molar-refractivity contribution in [2.45, 2.75) is 33.3 Å². The van der Waals surface area contributed by atoms with E-state index in [0.717, 1.165) is 27.8 Å². The van der Waals surface area contributed by atoms with Gasteiger partial charge in [-0.1, -0.05) is 29.3 Å². The maximum Gasteiger partial charge on any atom is 0.113 e. The molecule has 2 aromatic rings. The minimum atomic E-state index is -1.00. The maximum atomic E-state index is 10.8. The predicted molar refractivity (Wildman–Crippen MR) is 73.6 cm³/mol. The molecule has 0 saturated carbocycles. The van der Waals surface area contributed by atoms with Gasteiger partial charge < -0.3 is 5.11 Å². The Labute approximate surface area is 108 Å². The molecule has 1 aromatic carbocycles. The molecule has 1 atom stereocenters. The Kier molecular flexibility index (Phi) is 3.22. The standard InChI is InChI=1S/C16H19NO/c1-11-5-12(2)7-14(6-11)16(4,18)15-8-13(3)9-17-10-15/h5-10,18H,1-4H3. The Balaban J connectivity index is 2.53. The fourth-order valence-corrected chi connectivity index (χ4v) is 2.24. The van der Waals surface area contributed by atoms with E-state index < -0.39 is 5.60 Å². The topological polar surface area (TPSA) is 33.1 Å². The molecule has 0 aliphatic carbocycles. The molecule has 1 aromatic heterocycles. The highest BCUT2D eigenvalue weighted by Crippen LogP contribution is 2.30. The lowest BCUT2D eigenvalue weighted by molar-refractivity contribution is 0.102. The Bertz CT molecular complexity index is 553. The number of nitrogens with zero attached hydrogens (tertiary/aromatic N) is 1. The summed E-state index contributed by atoms with van der Waals surface area (Å²) < 4.78 is 0. The van der Waals surface area contributed by atoms with Crippen LogP contribution in [0.1, 0.15) is 34.7 Å². The highest BCUT2D eigenvalue weighted by molar-refractivity contribution is 5.39. The fourth-order valence-electron chi connectivity index (χ4n) is 2.24. The summed E-state index contributed by atoms with van der Waals surface area (Å²) in [5, 5.41) is 10.8. The molecule has 0 fully saturated rings. The van der Waals surface area contributed by atoms with Crippen LogP contribution in [0.5, 0.6) is 0 Å². The summed E-state index contributed by atoms with van der Waals surface area (Å²) in [6, 6.07) is 8.13. The van der Waals surface area contributed by atoms with E-state index in [1.807, 2.05) is 45.9 Å². The van der Waals surface area contributed by atoms with Crippen LogP contribution >= 0.6 is 0 Å². The van der Waals surface area contributed by atoms with Crippen LogP contribution in [0.3, 0.4) is 0 Å². The zero-order valence-electron chi connectivity index (χ0n) is 11.4. The molecule has 0 aliphatic heterocycles. The van der Waals surface area contributed by atoms with E-state index in [1.54, 1.807) is 12.4 Å². The molecule has 94 valence electrons. The van der Waals surface area contributed by atoms with Crippen molar-refractivity contribution >= 4 is 0 Å². The van der Waals surface area contributed by atoms with Crippen LogP contribution in [-0.2, 0) is 5.60 Å². The van der Waals surface area contributed by atoms with Crippen molar-refractivity contribution in [1.82, 2.24) is 4.98 Å². The van der Waals surface area contributed by atoms with Gasteiger partial charge >= 0.3 is 0 Å². The normalized spacial score (nSPS) is 14.3. The van der Waals surface area contributed by atoms with E-state index in [-0.39, 0.29) is 0 Å². The van der Waals surface area contributed by atoms with E-state index in [2.05, 4.69) is 11.1 Å². The van der Waals surface area contributed by atoms with Crippen LogP contribution in [0.2, 0.25) is 0 Å². The van der Waals surface area contributed by atoms with Gasteiger partial charge in [-0.25, -0.2) is 0 Å². The monoisotopic (exact) mass is 241 g/mol. The van der Waals surface area contributed by atoms with Gasteiger partial charge in [-0.05, 0) is 44.9 Å². The molecule has 1 N–H and O–H groups in total. The molecule has 18 heavy (non-hydrogen) atoms. The smallest absolute Gasteiger partial charge is 0.113 e. The van der Waals surface area contributed by atoms with Gasteiger partial charge in [-0.3, -0.25) is 4.98 Å². The summed E-state index contributed by atoms with van der Waals surface area (Å²) in [5.74, 6) is 0. The summed E-state index contributed by atoms with van der Waals surface area (Å²) in [7, 11) is 0. The van der Waals surface area contributed by atoms with Crippen LogP contribution in [0.15, 0.2) is 36.7 Å². The second-order valence-corrected chi connectivity index (χ2v) is 5.20. The third kappa shape index (κ3) is 2.44. The lowest BCUT2D eigenvalue weighted by atomic mass is 9.87. The molecule has 2 nitrogen and oxygen atoms in total.